The average Bonchev–Trinajstić information content (AvgIpc) is 2.17. The molecule has 1 heterocycles. The van der Waals surface area contributed by atoms with Gasteiger partial charge >= 0.3 is 5.97 Å². The second-order valence-electron chi connectivity index (χ2n) is 2.29. The standard InChI is InChI=1S/C6H10NO2/c7-2-1-5-3-6(8)9-4-5/h5,7H,1-4H2. The van der Waals surface area contributed by atoms with Gasteiger partial charge in [0.1, 0.15) is 0 Å². The quantitative estimate of drug-likeness (QED) is 0.499. The molecule has 1 aliphatic heterocycles. The van der Waals surface area contributed by atoms with Gasteiger partial charge in [-0.1, -0.05) is 0 Å². The summed E-state index contributed by atoms with van der Waals surface area (Å²) < 4.78 is 4.70. The Morgan fingerprint density at radius 3 is 3.00 bits per heavy atom. The lowest BCUT2D eigenvalue weighted by molar-refractivity contribution is -0.137. The first-order valence-electron chi connectivity index (χ1n) is 3.13. The summed E-state index contributed by atoms with van der Waals surface area (Å²) in [5.74, 6) is 0.225. The lowest BCUT2D eigenvalue weighted by Crippen LogP contribution is -2.02. The van der Waals surface area contributed by atoms with Crippen molar-refractivity contribution in [3.63, 3.8) is 0 Å². The van der Waals surface area contributed by atoms with E-state index in [2.05, 4.69) is 0 Å². The number of carbonyl (C=O) groups is 1. The van der Waals surface area contributed by atoms with Crippen LogP contribution in [0.2, 0.25) is 0 Å². The first-order valence-corrected chi connectivity index (χ1v) is 3.13. The van der Waals surface area contributed by atoms with Crippen molar-refractivity contribution in [2.45, 2.75) is 12.8 Å². The summed E-state index contributed by atoms with van der Waals surface area (Å²) in [7, 11) is 0. The minimum atomic E-state index is -0.103. The predicted octanol–water partition coefficient (Wildman–Crippen LogP) is 0.222. The van der Waals surface area contributed by atoms with Crippen LogP contribution in [0.1, 0.15) is 12.8 Å². The molecule has 1 saturated heterocycles. The van der Waals surface area contributed by atoms with E-state index in [1.165, 1.54) is 0 Å². The van der Waals surface area contributed by atoms with Crippen molar-refractivity contribution in [1.29, 1.82) is 0 Å². The van der Waals surface area contributed by atoms with E-state index in [0.29, 0.717) is 25.5 Å². The molecule has 0 aromatic heterocycles. The number of hydrogen-bond acceptors (Lipinski definition) is 2. The number of carbonyl (C=O) groups excluding carboxylic acids is 1. The van der Waals surface area contributed by atoms with Gasteiger partial charge < -0.3 is 4.74 Å². The smallest absolute Gasteiger partial charge is 0.306 e. The van der Waals surface area contributed by atoms with Crippen molar-refractivity contribution in [2.75, 3.05) is 13.2 Å². The number of rotatable bonds is 2. The summed E-state index contributed by atoms with van der Waals surface area (Å²) in [6, 6.07) is 0. The Labute approximate surface area is 54.2 Å². The van der Waals surface area contributed by atoms with Crippen LogP contribution in [0.25, 0.3) is 0 Å². The summed E-state index contributed by atoms with van der Waals surface area (Å²) in [4.78, 5) is 10.4. The van der Waals surface area contributed by atoms with Crippen LogP contribution in [0.3, 0.4) is 0 Å². The molecule has 0 bridgehead atoms. The SMILES string of the molecule is [NH]CCC1COC(=O)C1. The molecule has 3 heteroatoms. The Kier molecular flexibility index (Phi) is 2.05. The molecule has 1 rings (SSSR count). The molecule has 51 valence electrons. The van der Waals surface area contributed by atoms with Crippen molar-refractivity contribution in [3.8, 4) is 0 Å². The van der Waals surface area contributed by atoms with Crippen molar-refractivity contribution < 1.29 is 9.53 Å². The van der Waals surface area contributed by atoms with Crippen LogP contribution < -0.4 is 5.73 Å². The molecule has 1 unspecified atom stereocenters. The Balaban J connectivity index is 2.22. The third kappa shape index (κ3) is 1.68. The van der Waals surface area contributed by atoms with E-state index in [0.717, 1.165) is 6.42 Å². The van der Waals surface area contributed by atoms with Gasteiger partial charge in [-0.3, -0.25) is 10.5 Å². The largest absolute Gasteiger partial charge is 0.465 e. The molecule has 1 N–H and O–H groups in total. The van der Waals surface area contributed by atoms with E-state index >= 15 is 0 Å². The Hall–Kier alpha value is -0.570. The zero-order valence-electron chi connectivity index (χ0n) is 5.22. The van der Waals surface area contributed by atoms with Crippen LogP contribution in [0.15, 0.2) is 0 Å². The van der Waals surface area contributed by atoms with E-state index in [1.807, 2.05) is 0 Å². The van der Waals surface area contributed by atoms with Crippen LogP contribution >= 0.6 is 0 Å². The van der Waals surface area contributed by atoms with E-state index in [9.17, 15) is 4.79 Å². The Morgan fingerprint density at radius 1 is 1.78 bits per heavy atom. The maximum atomic E-state index is 10.4. The molecule has 1 aliphatic rings. The molecule has 0 aliphatic carbocycles. The highest BCUT2D eigenvalue weighted by atomic mass is 16.5. The normalized spacial score (nSPS) is 26.3. The topological polar surface area (TPSA) is 50.1 Å². The average molecular weight is 128 g/mol. The van der Waals surface area contributed by atoms with E-state index in [1.54, 1.807) is 0 Å². The van der Waals surface area contributed by atoms with Crippen molar-refractivity contribution >= 4 is 5.97 Å². The minimum absolute atomic E-state index is 0.103. The second-order valence-corrected chi connectivity index (χ2v) is 2.29. The number of hydrogen-bond donors (Lipinski definition) is 0. The van der Waals surface area contributed by atoms with Gasteiger partial charge in [-0.05, 0) is 6.42 Å². The van der Waals surface area contributed by atoms with Crippen molar-refractivity contribution in [2.24, 2.45) is 5.92 Å². The maximum Gasteiger partial charge on any atom is 0.306 e. The first-order chi connectivity index (χ1) is 4.33. The molecule has 1 radical (unpaired) electrons. The highest BCUT2D eigenvalue weighted by molar-refractivity contribution is 5.71. The summed E-state index contributed by atoms with van der Waals surface area (Å²) in [5, 5.41) is 0. The zero-order chi connectivity index (χ0) is 6.69. The highest BCUT2D eigenvalue weighted by Gasteiger charge is 2.22. The van der Waals surface area contributed by atoms with Crippen molar-refractivity contribution in [1.82, 2.24) is 5.73 Å². The zero-order valence-corrected chi connectivity index (χ0v) is 5.22. The highest BCUT2D eigenvalue weighted by Crippen LogP contribution is 2.16. The molecule has 0 saturated carbocycles. The van der Waals surface area contributed by atoms with Gasteiger partial charge in [0.2, 0.25) is 0 Å². The molecule has 0 aromatic carbocycles. The molecule has 1 atom stereocenters. The molecule has 9 heavy (non-hydrogen) atoms. The van der Waals surface area contributed by atoms with Gasteiger partial charge in [0, 0.05) is 12.5 Å². The molecule has 0 spiro atoms. The third-order valence-corrected chi connectivity index (χ3v) is 1.49. The molecule has 0 amide bonds. The van der Waals surface area contributed by atoms with Gasteiger partial charge in [0.25, 0.3) is 0 Å². The molecule has 1 fully saturated rings. The second kappa shape index (κ2) is 2.82. The van der Waals surface area contributed by atoms with Gasteiger partial charge in [-0.15, -0.1) is 0 Å². The minimum Gasteiger partial charge on any atom is -0.465 e. The predicted molar refractivity (Wildman–Crippen MR) is 31.6 cm³/mol. The summed E-state index contributed by atoms with van der Waals surface area (Å²) >= 11 is 0. The molecule has 3 nitrogen and oxygen atoms in total. The molecular weight excluding hydrogens is 118 g/mol. The van der Waals surface area contributed by atoms with Gasteiger partial charge in [-0.25, -0.2) is 0 Å². The summed E-state index contributed by atoms with van der Waals surface area (Å²) in [5.41, 5.74) is 6.87. The van der Waals surface area contributed by atoms with Crippen LogP contribution in [0, 0.1) is 5.92 Å². The van der Waals surface area contributed by atoms with Crippen LogP contribution in [-0.4, -0.2) is 19.1 Å². The fourth-order valence-electron chi connectivity index (χ4n) is 0.954. The fourth-order valence-corrected chi connectivity index (χ4v) is 0.954. The molecular formula is C6H10NO2. The molecule has 0 aromatic rings. The summed E-state index contributed by atoms with van der Waals surface area (Å²) in [6.07, 6.45) is 1.32. The third-order valence-electron chi connectivity index (χ3n) is 1.49. The number of nitrogens with one attached hydrogen (secondary N) is 1. The van der Waals surface area contributed by atoms with E-state index < -0.39 is 0 Å². The summed E-state index contributed by atoms with van der Waals surface area (Å²) in [6.45, 7) is 0.943. The number of ether oxygens (including phenoxy) is 1. The Bertz CT molecular complexity index is 114. The van der Waals surface area contributed by atoms with Crippen LogP contribution in [-0.2, 0) is 9.53 Å². The van der Waals surface area contributed by atoms with Gasteiger partial charge in [-0.2, -0.15) is 0 Å². The number of esters is 1. The van der Waals surface area contributed by atoms with Crippen molar-refractivity contribution in [3.05, 3.63) is 0 Å². The Morgan fingerprint density at radius 2 is 2.56 bits per heavy atom. The monoisotopic (exact) mass is 128 g/mol. The maximum absolute atomic E-state index is 10.4. The van der Waals surface area contributed by atoms with Crippen LogP contribution in [0.4, 0.5) is 0 Å². The number of cyclic esters (lactones) is 1. The van der Waals surface area contributed by atoms with Gasteiger partial charge in [0.05, 0.1) is 13.0 Å². The van der Waals surface area contributed by atoms with E-state index in [4.69, 9.17) is 10.5 Å². The lowest BCUT2D eigenvalue weighted by atomic mass is 10.1. The fraction of sp³-hybridized carbons (Fsp3) is 0.833. The van der Waals surface area contributed by atoms with E-state index in [-0.39, 0.29) is 5.97 Å². The lowest BCUT2D eigenvalue weighted by Gasteiger charge is -1.99. The van der Waals surface area contributed by atoms with Gasteiger partial charge in [0.15, 0.2) is 0 Å². The van der Waals surface area contributed by atoms with Crippen LogP contribution in [0.5, 0.6) is 0 Å². The first kappa shape index (κ1) is 6.55.